The molecular formula is C13H12INO4S. The number of carbonyl (C=O) groups excluding carboxylic acids is 3. The number of amides is 1. The number of carbonyl (C=O) groups is 3. The van der Waals surface area contributed by atoms with E-state index in [-0.39, 0.29) is 24.2 Å². The minimum absolute atomic E-state index is 0.0915. The van der Waals surface area contributed by atoms with Gasteiger partial charge in [0, 0.05) is 21.4 Å². The van der Waals surface area contributed by atoms with Crippen LogP contribution in [0.3, 0.4) is 0 Å². The lowest BCUT2D eigenvalue weighted by molar-refractivity contribution is -0.142. The molecule has 7 heteroatoms. The first-order valence-electron chi connectivity index (χ1n) is 5.92. The minimum atomic E-state index is -0.556. The summed E-state index contributed by atoms with van der Waals surface area (Å²) in [6.45, 7) is 0.157. The van der Waals surface area contributed by atoms with Crippen LogP contribution in [0.5, 0.6) is 0 Å². The first-order chi connectivity index (χ1) is 9.56. The van der Waals surface area contributed by atoms with Crippen molar-refractivity contribution in [3.05, 3.63) is 33.4 Å². The van der Waals surface area contributed by atoms with Crippen LogP contribution in [0.1, 0.15) is 10.4 Å². The van der Waals surface area contributed by atoms with Crippen molar-refractivity contribution in [2.24, 2.45) is 0 Å². The fourth-order valence-electron chi connectivity index (χ4n) is 1.64. The lowest BCUT2D eigenvalue weighted by Gasteiger charge is -2.13. The second-order valence-electron chi connectivity index (χ2n) is 4.13. The number of benzene rings is 1. The van der Waals surface area contributed by atoms with Gasteiger partial charge in [-0.1, -0.05) is 23.9 Å². The van der Waals surface area contributed by atoms with Crippen molar-refractivity contribution < 1.29 is 19.1 Å². The third kappa shape index (κ3) is 4.20. The van der Waals surface area contributed by atoms with Gasteiger partial charge in [0.05, 0.1) is 0 Å². The third-order valence-corrected chi connectivity index (χ3v) is 4.31. The van der Waals surface area contributed by atoms with E-state index in [1.807, 2.05) is 12.1 Å². The zero-order valence-electron chi connectivity index (χ0n) is 10.5. The smallest absolute Gasteiger partial charge is 0.326 e. The van der Waals surface area contributed by atoms with Gasteiger partial charge in [-0.25, -0.2) is 0 Å². The van der Waals surface area contributed by atoms with Crippen molar-refractivity contribution in [1.82, 2.24) is 4.90 Å². The molecule has 106 valence electrons. The molecule has 5 nitrogen and oxygen atoms in total. The fourth-order valence-corrected chi connectivity index (χ4v) is 2.82. The predicted molar refractivity (Wildman–Crippen MR) is 83.9 cm³/mol. The Morgan fingerprint density at radius 1 is 1.30 bits per heavy atom. The summed E-state index contributed by atoms with van der Waals surface area (Å²) in [5, 5.41) is -0.120. The first-order valence-corrected chi connectivity index (χ1v) is 7.99. The molecule has 20 heavy (non-hydrogen) atoms. The van der Waals surface area contributed by atoms with Gasteiger partial charge in [-0.15, -0.1) is 0 Å². The topological polar surface area (TPSA) is 63.7 Å². The molecule has 0 aliphatic carbocycles. The molecule has 0 atom stereocenters. The van der Waals surface area contributed by atoms with Crippen LogP contribution in [-0.4, -0.2) is 47.3 Å². The van der Waals surface area contributed by atoms with E-state index in [0.717, 1.165) is 3.57 Å². The van der Waals surface area contributed by atoms with Crippen LogP contribution in [0.25, 0.3) is 0 Å². The number of Topliss-reactive ketones (excluding diaryl/α,β-unsaturated/α-hetero) is 1. The monoisotopic (exact) mass is 405 g/mol. The van der Waals surface area contributed by atoms with Crippen molar-refractivity contribution in [3.63, 3.8) is 0 Å². The van der Waals surface area contributed by atoms with Crippen LogP contribution < -0.4 is 0 Å². The highest BCUT2D eigenvalue weighted by molar-refractivity contribution is 14.1. The number of hydrogen-bond donors (Lipinski definition) is 0. The van der Waals surface area contributed by atoms with Gasteiger partial charge in [-0.3, -0.25) is 14.4 Å². The highest BCUT2D eigenvalue weighted by Gasteiger charge is 2.24. The summed E-state index contributed by atoms with van der Waals surface area (Å²) in [6, 6.07) is 7.02. The van der Waals surface area contributed by atoms with Gasteiger partial charge < -0.3 is 9.64 Å². The molecule has 0 N–H and O–H groups in total. The van der Waals surface area contributed by atoms with Gasteiger partial charge in [0.1, 0.15) is 6.54 Å². The van der Waals surface area contributed by atoms with Crippen LogP contribution in [0.15, 0.2) is 24.3 Å². The molecule has 0 bridgehead atoms. The van der Waals surface area contributed by atoms with E-state index in [0.29, 0.717) is 17.9 Å². The van der Waals surface area contributed by atoms with Crippen LogP contribution in [0.4, 0.5) is 4.79 Å². The maximum atomic E-state index is 11.8. The Balaban J connectivity index is 1.79. The molecular weight excluding hydrogens is 393 g/mol. The highest BCUT2D eigenvalue weighted by Crippen LogP contribution is 2.16. The van der Waals surface area contributed by atoms with E-state index in [1.54, 1.807) is 12.1 Å². The molecule has 1 aliphatic heterocycles. The average Bonchev–Trinajstić information content (AvgIpc) is 2.82. The van der Waals surface area contributed by atoms with Crippen LogP contribution in [0, 0.1) is 3.57 Å². The molecule has 1 saturated heterocycles. The van der Waals surface area contributed by atoms with E-state index in [4.69, 9.17) is 4.74 Å². The van der Waals surface area contributed by atoms with Gasteiger partial charge >= 0.3 is 5.97 Å². The number of nitrogens with zero attached hydrogens (tertiary/aromatic N) is 1. The standard InChI is InChI=1S/C13H12INO4S/c14-10-3-1-9(2-4-10)11(16)8-19-12(17)7-15-5-6-20-13(15)18/h1-4H,5-8H2. The maximum absolute atomic E-state index is 11.8. The number of ketones is 1. The molecule has 1 aromatic carbocycles. The third-order valence-electron chi connectivity index (χ3n) is 2.70. The maximum Gasteiger partial charge on any atom is 0.326 e. The summed E-state index contributed by atoms with van der Waals surface area (Å²) in [6.07, 6.45) is 0. The lowest BCUT2D eigenvalue weighted by Crippen LogP contribution is -2.31. The molecule has 1 heterocycles. The predicted octanol–water partition coefficient (Wildman–Crippen LogP) is 2.19. The number of ether oxygens (including phenoxy) is 1. The van der Waals surface area contributed by atoms with Crippen molar-refractivity contribution in [2.75, 3.05) is 25.4 Å². The summed E-state index contributed by atoms with van der Waals surface area (Å²) >= 11 is 3.33. The van der Waals surface area contributed by atoms with Crippen LogP contribution in [0.2, 0.25) is 0 Å². The minimum Gasteiger partial charge on any atom is -0.456 e. The summed E-state index contributed by atoms with van der Waals surface area (Å²) in [4.78, 5) is 36.1. The zero-order chi connectivity index (χ0) is 14.5. The first kappa shape index (κ1) is 15.3. The van der Waals surface area contributed by atoms with Crippen molar-refractivity contribution in [2.45, 2.75) is 0 Å². The van der Waals surface area contributed by atoms with Gasteiger partial charge in [-0.2, -0.15) is 0 Å². The summed E-state index contributed by atoms with van der Waals surface area (Å²) < 4.78 is 5.93. The van der Waals surface area contributed by atoms with Gasteiger partial charge in [0.25, 0.3) is 5.24 Å². The molecule has 1 amide bonds. The molecule has 2 rings (SSSR count). The lowest BCUT2D eigenvalue weighted by atomic mass is 10.1. The summed E-state index contributed by atoms with van der Waals surface area (Å²) in [5.74, 6) is -0.121. The molecule has 0 aromatic heterocycles. The Morgan fingerprint density at radius 2 is 2.00 bits per heavy atom. The number of esters is 1. The Kier molecular flexibility index (Phi) is 5.41. The van der Waals surface area contributed by atoms with E-state index >= 15 is 0 Å². The number of thioether (sulfide) groups is 1. The highest BCUT2D eigenvalue weighted by atomic mass is 127. The largest absolute Gasteiger partial charge is 0.456 e. The normalized spacial score (nSPS) is 14.4. The average molecular weight is 405 g/mol. The molecule has 0 unspecified atom stereocenters. The fraction of sp³-hybridized carbons (Fsp3) is 0.308. The van der Waals surface area contributed by atoms with Crippen molar-refractivity contribution in [3.8, 4) is 0 Å². The Hall–Kier alpha value is -1.09. The van der Waals surface area contributed by atoms with Crippen LogP contribution >= 0.6 is 34.4 Å². The van der Waals surface area contributed by atoms with E-state index in [9.17, 15) is 14.4 Å². The quantitative estimate of drug-likeness (QED) is 0.427. The zero-order valence-corrected chi connectivity index (χ0v) is 13.5. The molecule has 1 aliphatic rings. The van der Waals surface area contributed by atoms with E-state index in [2.05, 4.69) is 22.6 Å². The van der Waals surface area contributed by atoms with Gasteiger partial charge in [0.15, 0.2) is 12.4 Å². The number of rotatable bonds is 5. The Morgan fingerprint density at radius 3 is 2.60 bits per heavy atom. The Labute approximate surface area is 134 Å². The molecule has 0 spiro atoms. The second-order valence-corrected chi connectivity index (χ2v) is 6.42. The summed E-state index contributed by atoms with van der Waals surface area (Å²) in [5.41, 5.74) is 0.506. The summed E-state index contributed by atoms with van der Waals surface area (Å²) in [7, 11) is 0. The molecule has 1 aromatic rings. The SMILES string of the molecule is O=C(CN1CCSC1=O)OCC(=O)c1ccc(I)cc1. The van der Waals surface area contributed by atoms with E-state index in [1.165, 1.54) is 16.7 Å². The van der Waals surface area contributed by atoms with E-state index < -0.39 is 5.97 Å². The Bertz CT molecular complexity index is 532. The van der Waals surface area contributed by atoms with Crippen molar-refractivity contribution >= 4 is 51.3 Å². The number of halogens is 1. The van der Waals surface area contributed by atoms with Gasteiger partial charge in [-0.05, 0) is 34.7 Å². The number of hydrogen-bond acceptors (Lipinski definition) is 5. The molecule has 0 saturated carbocycles. The van der Waals surface area contributed by atoms with Crippen LogP contribution in [-0.2, 0) is 9.53 Å². The molecule has 1 fully saturated rings. The molecule has 0 radical (unpaired) electrons. The van der Waals surface area contributed by atoms with Crippen molar-refractivity contribution in [1.29, 1.82) is 0 Å². The second kappa shape index (κ2) is 7.07. The van der Waals surface area contributed by atoms with Gasteiger partial charge in [0.2, 0.25) is 0 Å².